The zero-order valence-electron chi connectivity index (χ0n) is 10.8. The number of nitrogens with zero attached hydrogens (tertiary/aromatic N) is 2. The van der Waals surface area contributed by atoms with Gasteiger partial charge in [-0.05, 0) is 24.6 Å². The van der Waals surface area contributed by atoms with E-state index in [0.29, 0.717) is 12.0 Å². The first-order valence-electron chi connectivity index (χ1n) is 6.10. The van der Waals surface area contributed by atoms with E-state index in [2.05, 4.69) is 4.98 Å². The molecule has 2 N–H and O–H groups in total. The topological polar surface area (TPSA) is 43.3 Å². The lowest BCUT2D eigenvalue weighted by molar-refractivity contribution is 0.474. The van der Waals surface area contributed by atoms with E-state index in [1.54, 1.807) is 6.92 Å². The summed E-state index contributed by atoms with van der Waals surface area (Å²) >= 11 is 1.53. The van der Waals surface area contributed by atoms with E-state index in [0.717, 1.165) is 16.7 Å². The molecule has 1 aromatic carbocycles. The van der Waals surface area contributed by atoms with Gasteiger partial charge in [-0.15, -0.1) is 11.3 Å². The molecule has 0 aliphatic rings. The lowest BCUT2D eigenvalue weighted by atomic mass is 9.88. The van der Waals surface area contributed by atoms with Crippen LogP contribution in [0.25, 0.3) is 4.96 Å². The van der Waals surface area contributed by atoms with Gasteiger partial charge in [-0.3, -0.25) is 4.40 Å². The van der Waals surface area contributed by atoms with Crippen molar-refractivity contribution in [2.75, 3.05) is 0 Å². The van der Waals surface area contributed by atoms with Crippen molar-refractivity contribution in [2.24, 2.45) is 5.73 Å². The van der Waals surface area contributed by atoms with Gasteiger partial charge < -0.3 is 5.73 Å². The van der Waals surface area contributed by atoms with Gasteiger partial charge >= 0.3 is 0 Å². The minimum atomic E-state index is -0.882. The number of rotatable bonds is 3. The second-order valence-electron chi connectivity index (χ2n) is 5.08. The monoisotopic (exact) mass is 293 g/mol. The zero-order chi connectivity index (χ0) is 14.3. The summed E-state index contributed by atoms with van der Waals surface area (Å²) in [6.07, 6.45) is 4.20. The molecule has 6 heteroatoms. The molecule has 0 saturated carbocycles. The summed E-state index contributed by atoms with van der Waals surface area (Å²) in [5, 5.41) is 1.94. The predicted octanol–water partition coefficient (Wildman–Crippen LogP) is 3.09. The van der Waals surface area contributed by atoms with Crippen LogP contribution in [-0.4, -0.2) is 9.38 Å². The molecule has 0 bridgehead atoms. The first-order valence-corrected chi connectivity index (χ1v) is 6.98. The average Bonchev–Trinajstić information content (AvgIpc) is 2.87. The summed E-state index contributed by atoms with van der Waals surface area (Å²) in [6, 6.07) is 3.37. The largest absolute Gasteiger partial charge is 0.321 e. The van der Waals surface area contributed by atoms with E-state index >= 15 is 0 Å². The summed E-state index contributed by atoms with van der Waals surface area (Å²) in [4.78, 5) is 5.32. The van der Waals surface area contributed by atoms with Crippen LogP contribution in [0.15, 0.2) is 36.0 Å². The highest BCUT2D eigenvalue weighted by molar-refractivity contribution is 7.15. The third-order valence-electron chi connectivity index (χ3n) is 3.21. The van der Waals surface area contributed by atoms with Crippen LogP contribution < -0.4 is 5.73 Å². The Morgan fingerprint density at radius 1 is 1.30 bits per heavy atom. The maximum Gasteiger partial charge on any atom is 0.193 e. The Balaban J connectivity index is 1.92. The van der Waals surface area contributed by atoms with Gasteiger partial charge in [0.25, 0.3) is 0 Å². The molecular formula is C14H13F2N3S. The molecular weight excluding hydrogens is 280 g/mol. The second-order valence-corrected chi connectivity index (χ2v) is 5.95. The van der Waals surface area contributed by atoms with Crippen molar-refractivity contribution < 1.29 is 8.78 Å². The molecule has 20 heavy (non-hydrogen) atoms. The van der Waals surface area contributed by atoms with Crippen LogP contribution in [0.5, 0.6) is 0 Å². The quantitative estimate of drug-likeness (QED) is 0.806. The zero-order valence-corrected chi connectivity index (χ0v) is 11.6. The molecule has 2 aromatic heterocycles. The van der Waals surface area contributed by atoms with Gasteiger partial charge in [-0.2, -0.15) is 0 Å². The molecule has 1 unspecified atom stereocenters. The van der Waals surface area contributed by atoms with Crippen molar-refractivity contribution >= 4 is 16.3 Å². The molecule has 3 rings (SSSR count). The van der Waals surface area contributed by atoms with Gasteiger partial charge in [-0.1, -0.05) is 0 Å². The first kappa shape index (κ1) is 13.2. The molecule has 0 spiro atoms. The smallest absolute Gasteiger partial charge is 0.193 e. The molecule has 0 fully saturated rings. The van der Waals surface area contributed by atoms with Crippen molar-refractivity contribution in [3.63, 3.8) is 0 Å². The normalized spacial score (nSPS) is 14.6. The lowest BCUT2D eigenvalue weighted by Gasteiger charge is -2.24. The Morgan fingerprint density at radius 3 is 2.65 bits per heavy atom. The number of imidazole rings is 1. The first-order chi connectivity index (χ1) is 9.44. The van der Waals surface area contributed by atoms with Crippen LogP contribution in [0.1, 0.15) is 18.2 Å². The third kappa shape index (κ3) is 2.44. The van der Waals surface area contributed by atoms with Crippen LogP contribution in [0.3, 0.4) is 0 Å². The second kappa shape index (κ2) is 4.64. The Labute approximate surface area is 118 Å². The molecule has 0 aliphatic carbocycles. The SMILES string of the molecule is CC(N)(Cc1cn2ccsc2n1)c1cc(F)cc(F)c1. The number of fused-ring (bicyclic) bond motifs is 1. The standard InChI is InChI=1S/C14H13F2N3S/c1-14(17,9-4-10(15)6-11(16)5-9)7-12-8-19-2-3-20-13(19)18-12/h2-6,8H,7,17H2,1H3. The van der Waals surface area contributed by atoms with Gasteiger partial charge in [-0.25, -0.2) is 13.8 Å². The fourth-order valence-corrected chi connectivity index (χ4v) is 2.94. The summed E-state index contributed by atoms with van der Waals surface area (Å²) in [5.74, 6) is -1.25. The van der Waals surface area contributed by atoms with E-state index in [9.17, 15) is 8.78 Å². The number of halogens is 2. The molecule has 104 valence electrons. The molecule has 0 radical (unpaired) electrons. The molecule has 0 aliphatic heterocycles. The highest BCUT2D eigenvalue weighted by atomic mass is 32.1. The number of hydrogen-bond acceptors (Lipinski definition) is 3. The van der Waals surface area contributed by atoms with Crippen LogP contribution in [0.4, 0.5) is 8.78 Å². The predicted molar refractivity (Wildman–Crippen MR) is 74.7 cm³/mol. The van der Waals surface area contributed by atoms with Crippen molar-refractivity contribution in [1.82, 2.24) is 9.38 Å². The summed E-state index contributed by atoms with van der Waals surface area (Å²) in [5.41, 5.74) is 6.56. The van der Waals surface area contributed by atoms with Crippen LogP contribution >= 0.6 is 11.3 Å². The van der Waals surface area contributed by atoms with E-state index in [4.69, 9.17) is 5.73 Å². The highest BCUT2D eigenvalue weighted by Gasteiger charge is 2.24. The molecule has 1 atom stereocenters. The van der Waals surface area contributed by atoms with Gasteiger partial charge in [0.2, 0.25) is 0 Å². The Morgan fingerprint density at radius 2 is 2.00 bits per heavy atom. The summed E-state index contributed by atoms with van der Waals surface area (Å²) < 4.78 is 28.5. The fourth-order valence-electron chi connectivity index (χ4n) is 2.22. The van der Waals surface area contributed by atoms with Gasteiger partial charge in [0.05, 0.1) is 5.69 Å². The van der Waals surface area contributed by atoms with Gasteiger partial charge in [0, 0.05) is 35.8 Å². The molecule has 0 amide bonds. The van der Waals surface area contributed by atoms with Crippen LogP contribution in [0, 0.1) is 11.6 Å². The van der Waals surface area contributed by atoms with Crippen molar-refractivity contribution in [2.45, 2.75) is 18.9 Å². The highest BCUT2D eigenvalue weighted by Crippen LogP contribution is 2.25. The van der Waals surface area contributed by atoms with Crippen molar-refractivity contribution in [1.29, 1.82) is 0 Å². The Bertz CT molecular complexity index is 712. The van der Waals surface area contributed by atoms with Crippen molar-refractivity contribution in [3.05, 3.63) is 58.9 Å². The summed E-state index contributed by atoms with van der Waals surface area (Å²) in [6.45, 7) is 1.74. The number of hydrogen-bond donors (Lipinski definition) is 1. The lowest BCUT2D eigenvalue weighted by Crippen LogP contribution is -2.35. The molecule has 2 heterocycles. The van der Waals surface area contributed by atoms with Gasteiger partial charge in [0.15, 0.2) is 4.96 Å². The maximum atomic E-state index is 13.3. The fraction of sp³-hybridized carbons (Fsp3) is 0.214. The van der Waals surface area contributed by atoms with E-state index < -0.39 is 17.2 Å². The number of aromatic nitrogens is 2. The average molecular weight is 293 g/mol. The molecule has 3 nitrogen and oxygen atoms in total. The number of thiazole rings is 1. The molecule has 0 saturated heterocycles. The minimum absolute atomic E-state index is 0.407. The van der Waals surface area contributed by atoms with Crippen LogP contribution in [-0.2, 0) is 12.0 Å². The Hall–Kier alpha value is -1.79. The number of benzene rings is 1. The van der Waals surface area contributed by atoms with Gasteiger partial charge in [0.1, 0.15) is 11.6 Å². The van der Waals surface area contributed by atoms with Crippen LogP contribution in [0.2, 0.25) is 0 Å². The minimum Gasteiger partial charge on any atom is -0.321 e. The number of nitrogens with two attached hydrogens (primary N) is 1. The van der Waals surface area contributed by atoms with E-state index in [1.807, 2.05) is 22.2 Å². The van der Waals surface area contributed by atoms with E-state index in [-0.39, 0.29) is 0 Å². The summed E-state index contributed by atoms with van der Waals surface area (Å²) in [7, 11) is 0. The van der Waals surface area contributed by atoms with Crippen molar-refractivity contribution in [3.8, 4) is 0 Å². The molecule has 3 aromatic rings. The maximum absolute atomic E-state index is 13.3. The third-order valence-corrected chi connectivity index (χ3v) is 3.98. The Kier molecular flexibility index (Phi) is 3.07. The van der Waals surface area contributed by atoms with E-state index in [1.165, 1.54) is 23.5 Å².